The summed E-state index contributed by atoms with van der Waals surface area (Å²) in [5.74, 6) is -0.965. The Morgan fingerprint density at radius 3 is 2.74 bits per heavy atom. The predicted octanol–water partition coefficient (Wildman–Crippen LogP) is 3.61. The Kier molecular flexibility index (Phi) is 5.82. The Bertz CT molecular complexity index is 443. The second-order valence-corrected chi connectivity index (χ2v) is 4.41. The molecule has 0 saturated carbocycles. The molecule has 0 bridgehead atoms. The molecule has 2 N–H and O–H groups in total. The number of aliphatic carboxylic acids is 1. The van der Waals surface area contributed by atoms with E-state index in [1.54, 1.807) is 6.07 Å². The third-order valence-corrected chi connectivity index (χ3v) is 2.65. The van der Waals surface area contributed by atoms with E-state index < -0.39 is 12.6 Å². The number of hydrogen-bond acceptors (Lipinski definition) is 3. The number of nitrogens with one attached hydrogen (secondary N) is 1. The second kappa shape index (κ2) is 7.13. The second-order valence-electron chi connectivity index (χ2n) is 4.00. The van der Waals surface area contributed by atoms with E-state index in [-0.39, 0.29) is 23.2 Å². The van der Waals surface area contributed by atoms with Gasteiger partial charge in [0.05, 0.1) is 5.02 Å². The van der Waals surface area contributed by atoms with Gasteiger partial charge in [-0.05, 0) is 31.5 Å². The van der Waals surface area contributed by atoms with E-state index in [2.05, 4.69) is 10.1 Å². The standard InChI is InChI=1S/C12H14ClF2NO3/c1-7(2-5-11(17)18)16-8-3-4-10(9(13)6-8)19-12(14)15/h3-4,6-7,12,16H,2,5H2,1H3,(H,17,18). The predicted molar refractivity (Wildman–Crippen MR) is 68.0 cm³/mol. The van der Waals surface area contributed by atoms with E-state index in [4.69, 9.17) is 16.7 Å². The van der Waals surface area contributed by atoms with Crippen molar-refractivity contribution in [2.75, 3.05) is 5.32 Å². The Morgan fingerprint density at radius 1 is 1.53 bits per heavy atom. The van der Waals surface area contributed by atoms with Crippen LogP contribution in [-0.2, 0) is 4.79 Å². The largest absolute Gasteiger partial charge is 0.481 e. The first-order chi connectivity index (χ1) is 8.88. The highest BCUT2D eigenvalue weighted by molar-refractivity contribution is 6.32. The van der Waals surface area contributed by atoms with Gasteiger partial charge in [-0.3, -0.25) is 4.79 Å². The Morgan fingerprint density at radius 2 is 2.21 bits per heavy atom. The minimum absolute atomic E-state index is 0.0501. The lowest BCUT2D eigenvalue weighted by Gasteiger charge is -2.15. The summed E-state index contributed by atoms with van der Waals surface area (Å²) >= 11 is 5.79. The monoisotopic (exact) mass is 293 g/mol. The van der Waals surface area contributed by atoms with Crippen LogP contribution in [0.15, 0.2) is 18.2 Å². The smallest absolute Gasteiger partial charge is 0.387 e. The van der Waals surface area contributed by atoms with Gasteiger partial charge in [-0.1, -0.05) is 11.6 Å². The van der Waals surface area contributed by atoms with Crippen LogP contribution in [-0.4, -0.2) is 23.7 Å². The van der Waals surface area contributed by atoms with Gasteiger partial charge in [0, 0.05) is 18.2 Å². The third kappa shape index (κ3) is 5.74. The molecule has 0 amide bonds. The molecule has 0 saturated heterocycles. The third-order valence-electron chi connectivity index (χ3n) is 2.35. The molecule has 0 fully saturated rings. The topological polar surface area (TPSA) is 58.6 Å². The summed E-state index contributed by atoms with van der Waals surface area (Å²) in [6, 6.07) is 4.26. The fraction of sp³-hybridized carbons (Fsp3) is 0.417. The first-order valence-electron chi connectivity index (χ1n) is 5.61. The van der Waals surface area contributed by atoms with Gasteiger partial charge >= 0.3 is 12.6 Å². The molecule has 1 atom stereocenters. The molecule has 0 aromatic heterocycles. The van der Waals surface area contributed by atoms with Crippen LogP contribution in [0.3, 0.4) is 0 Å². The van der Waals surface area contributed by atoms with Crippen LogP contribution >= 0.6 is 11.6 Å². The lowest BCUT2D eigenvalue weighted by atomic mass is 10.1. The van der Waals surface area contributed by atoms with Crippen LogP contribution in [0, 0.1) is 0 Å². The molecule has 1 rings (SSSR count). The highest BCUT2D eigenvalue weighted by Gasteiger charge is 2.10. The molecular formula is C12H14ClF2NO3. The van der Waals surface area contributed by atoms with E-state index in [1.807, 2.05) is 6.92 Å². The van der Waals surface area contributed by atoms with Gasteiger partial charge in [0.2, 0.25) is 0 Å². The summed E-state index contributed by atoms with van der Waals surface area (Å²) in [4.78, 5) is 10.4. The van der Waals surface area contributed by atoms with Gasteiger partial charge in [0.15, 0.2) is 0 Å². The van der Waals surface area contributed by atoms with Crippen molar-refractivity contribution in [2.24, 2.45) is 0 Å². The van der Waals surface area contributed by atoms with Crippen molar-refractivity contribution < 1.29 is 23.4 Å². The SMILES string of the molecule is CC(CCC(=O)O)Nc1ccc(OC(F)F)c(Cl)c1. The van der Waals surface area contributed by atoms with Crippen LogP contribution in [0.1, 0.15) is 19.8 Å². The van der Waals surface area contributed by atoms with Gasteiger partial charge in [0.1, 0.15) is 5.75 Å². The molecular weight excluding hydrogens is 280 g/mol. The number of rotatable bonds is 7. The number of benzene rings is 1. The number of ether oxygens (including phenoxy) is 1. The summed E-state index contributed by atoms with van der Waals surface area (Å²) in [5, 5.41) is 11.6. The fourth-order valence-corrected chi connectivity index (χ4v) is 1.70. The Labute approximate surface area is 114 Å². The van der Waals surface area contributed by atoms with Crippen molar-refractivity contribution >= 4 is 23.3 Å². The summed E-state index contributed by atoms with van der Waals surface area (Å²) in [5.41, 5.74) is 0.615. The van der Waals surface area contributed by atoms with Gasteiger partial charge in [0.25, 0.3) is 0 Å². The number of carboxylic acid groups (broad SMARTS) is 1. The maximum absolute atomic E-state index is 12.0. The molecule has 0 spiro atoms. The van der Waals surface area contributed by atoms with E-state index in [0.717, 1.165) is 0 Å². The number of hydrogen-bond donors (Lipinski definition) is 2. The minimum Gasteiger partial charge on any atom is -0.481 e. The number of alkyl halides is 2. The van der Waals surface area contributed by atoms with E-state index in [0.29, 0.717) is 12.1 Å². The zero-order valence-electron chi connectivity index (χ0n) is 10.2. The van der Waals surface area contributed by atoms with Crippen LogP contribution in [0.4, 0.5) is 14.5 Å². The summed E-state index contributed by atoms with van der Waals surface area (Å²) < 4.78 is 28.3. The van der Waals surface area contributed by atoms with Crippen molar-refractivity contribution in [3.8, 4) is 5.75 Å². The molecule has 7 heteroatoms. The van der Waals surface area contributed by atoms with Crippen LogP contribution in [0.25, 0.3) is 0 Å². The molecule has 0 aliphatic heterocycles. The van der Waals surface area contributed by atoms with Crippen molar-refractivity contribution in [2.45, 2.75) is 32.4 Å². The Hall–Kier alpha value is -1.56. The normalized spacial score (nSPS) is 12.3. The van der Waals surface area contributed by atoms with Gasteiger partial charge < -0.3 is 15.2 Å². The summed E-state index contributed by atoms with van der Waals surface area (Å²) in [6.45, 7) is -1.11. The average Bonchev–Trinajstić information content (AvgIpc) is 2.29. The van der Waals surface area contributed by atoms with E-state index in [9.17, 15) is 13.6 Å². The van der Waals surface area contributed by atoms with Gasteiger partial charge in [-0.15, -0.1) is 0 Å². The highest BCUT2D eigenvalue weighted by Crippen LogP contribution is 2.29. The van der Waals surface area contributed by atoms with Crippen LogP contribution in [0.2, 0.25) is 5.02 Å². The number of anilines is 1. The van der Waals surface area contributed by atoms with E-state index in [1.165, 1.54) is 12.1 Å². The molecule has 1 aromatic carbocycles. The lowest BCUT2D eigenvalue weighted by molar-refractivity contribution is -0.137. The molecule has 1 unspecified atom stereocenters. The first kappa shape index (κ1) is 15.5. The molecule has 106 valence electrons. The molecule has 4 nitrogen and oxygen atoms in total. The molecule has 0 radical (unpaired) electrons. The fourth-order valence-electron chi connectivity index (χ4n) is 1.48. The highest BCUT2D eigenvalue weighted by atomic mass is 35.5. The average molecular weight is 294 g/mol. The number of halogens is 3. The zero-order chi connectivity index (χ0) is 14.4. The van der Waals surface area contributed by atoms with Crippen LogP contribution in [0.5, 0.6) is 5.75 Å². The van der Waals surface area contributed by atoms with Crippen molar-refractivity contribution in [1.82, 2.24) is 0 Å². The molecule has 0 aliphatic carbocycles. The van der Waals surface area contributed by atoms with Crippen LogP contribution < -0.4 is 10.1 Å². The summed E-state index contributed by atoms with van der Waals surface area (Å²) in [7, 11) is 0. The molecule has 0 heterocycles. The maximum atomic E-state index is 12.0. The maximum Gasteiger partial charge on any atom is 0.387 e. The number of carboxylic acids is 1. The zero-order valence-corrected chi connectivity index (χ0v) is 11.0. The molecule has 19 heavy (non-hydrogen) atoms. The Balaban J connectivity index is 2.60. The quantitative estimate of drug-likeness (QED) is 0.806. The lowest BCUT2D eigenvalue weighted by Crippen LogP contribution is -2.16. The van der Waals surface area contributed by atoms with Crippen molar-refractivity contribution in [3.05, 3.63) is 23.2 Å². The number of carbonyl (C=O) groups is 1. The minimum atomic E-state index is -2.93. The molecule has 1 aromatic rings. The van der Waals surface area contributed by atoms with Crippen molar-refractivity contribution in [3.63, 3.8) is 0 Å². The summed E-state index contributed by atoms with van der Waals surface area (Å²) in [6.07, 6.45) is 0.497. The molecule has 0 aliphatic rings. The van der Waals surface area contributed by atoms with Gasteiger partial charge in [-0.25, -0.2) is 0 Å². The van der Waals surface area contributed by atoms with E-state index >= 15 is 0 Å². The first-order valence-corrected chi connectivity index (χ1v) is 5.99. The van der Waals surface area contributed by atoms with Gasteiger partial charge in [-0.2, -0.15) is 8.78 Å². The van der Waals surface area contributed by atoms with Crippen molar-refractivity contribution in [1.29, 1.82) is 0 Å².